The van der Waals surface area contributed by atoms with Crippen molar-refractivity contribution >= 4 is 17.4 Å². The van der Waals surface area contributed by atoms with Crippen LogP contribution in [0.2, 0.25) is 5.02 Å². The van der Waals surface area contributed by atoms with Crippen molar-refractivity contribution in [3.8, 4) is 11.3 Å². The minimum Gasteiger partial charge on any atom is -0.379 e. The summed E-state index contributed by atoms with van der Waals surface area (Å²) in [5, 5.41) is 0.555. The van der Waals surface area contributed by atoms with E-state index < -0.39 is 5.56 Å². The van der Waals surface area contributed by atoms with Gasteiger partial charge in [0.2, 0.25) is 0 Å². The molecule has 0 amide bonds. The molecule has 76 valence electrons. The lowest BCUT2D eigenvalue weighted by atomic mass is 10.2. The van der Waals surface area contributed by atoms with Crippen LogP contribution in [-0.4, -0.2) is 9.97 Å². The second kappa shape index (κ2) is 3.74. The van der Waals surface area contributed by atoms with Crippen LogP contribution in [0, 0.1) is 0 Å². The van der Waals surface area contributed by atoms with E-state index in [-0.39, 0.29) is 5.82 Å². The number of rotatable bonds is 1. The molecule has 1 aromatic heterocycles. The van der Waals surface area contributed by atoms with Crippen LogP contribution in [0.4, 0.5) is 5.82 Å². The Morgan fingerprint density at radius 3 is 2.73 bits per heavy atom. The monoisotopic (exact) mass is 221 g/mol. The minimum absolute atomic E-state index is 0.0502. The SMILES string of the molecule is Nc1ncc(-c2ccccc2Cl)[nH]c1=O. The summed E-state index contributed by atoms with van der Waals surface area (Å²) in [6, 6.07) is 7.18. The average molecular weight is 222 g/mol. The standard InChI is InChI=1S/C10H8ClN3O/c11-7-4-2-1-3-6(7)8-5-13-9(12)10(15)14-8/h1-5H,(H2,12,13)(H,14,15). The highest BCUT2D eigenvalue weighted by molar-refractivity contribution is 6.33. The number of nitrogens with two attached hydrogens (primary N) is 1. The van der Waals surface area contributed by atoms with Gasteiger partial charge in [-0.1, -0.05) is 29.8 Å². The van der Waals surface area contributed by atoms with Gasteiger partial charge in [-0.3, -0.25) is 4.79 Å². The number of anilines is 1. The van der Waals surface area contributed by atoms with Gasteiger partial charge in [-0.25, -0.2) is 4.98 Å². The van der Waals surface area contributed by atoms with Gasteiger partial charge in [-0.15, -0.1) is 0 Å². The van der Waals surface area contributed by atoms with Gasteiger partial charge in [0, 0.05) is 10.6 Å². The Labute approximate surface area is 90.7 Å². The first-order valence-corrected chi connectivity index (χ1v) is 4.66. The topological polar surface area (TPSA) is 71.8 Å². The number of H-pyrrole nitrogens is 1. The Bertz CT molecular complexity index is 550. The molecule has 0 atom stereocenters. The van der Waals surface area contributed by atoms with Crippen LogP contribution in [0.3, 0.4) is 0 Å². The van der Waals surface area contributed by atoms with Gasteiger partial charge in [-0.2, -0.15) is 0 Å². The Balaban J connectivity index is 2.60. The molecule has 0 aliphatic heterocycles. The fourth-order valence-corrected chi connectivity index (χ4v) is 1.47. The Morgan fingerprint density at radius 2 is 2.07 bits per heavy atom. The quantitative estimate of drug-likeness (QED) is 0.770. The number of nitrogen functional groups attached to an aromatic ring is 1. The Morgan fingerprint density at radius 1 is 1.33 bits per heavy atom. The Kier molecular flexibility index (Phi) is 2.43. The molecule has 1 heterocycles. The molecule has 0 spiro atoms. The minimum atomic E-state index is -0.410. The van der Waals surface area contributed by atoms with Gasteiger partial charge >= 0.3 is 0 Å². The molecular weight excluding hydrogens is 214 g/mol. The molecule has 0 fully saturated rings. The van der Waals surface area contributed by atoms with Crippen LogP contribution < -0.4 is 11.3 Å². The van der Waals surface area contributed by atoms with Crippen LogP contribution in [0.25, 0.3) is 11.3 Å². The van der Waals surface area contributed by atoms with Gasteiger partial charge in [0.25, 0.3) is 5.56 Å². The van der Waals surface area contributed by atoms with Gasteiger partial charge < -0.3 is 10.7 Å². The number of aromatic nitrogens is 2. The second-order valence-corrected chi connectivity index (χ2v) is 3.40. The first-order valence-electron chi connectivity index (χ1n) is 4.28. The van der Waals surface area contributed by atoms with Gasteiger partial charge in [0.1, 0.15) is 0 Å². The molecule has 0 bridgehead atoms. The summed E-state index contributed by atoms with van der Waals surface area (Å²) in [7, 11) is 0. The molecule has 4 nitrogen and oxygen atoms in total. The van der Waals surface area contributed by atoms with Gasteiger partial charge in [0.15, 0.2) is 5.82 Å². The number of nitrogens with zero attached hydrogens (tertiary/aromatic N) is 1. The van der Waals surface area contributed by atoms with Crippen molar-refractivity contribution in [3.05, 3.63) is 45.8 Å². The van der Waals surface area contributed by atoms with E-state index in [0.717, 1.165) is 5.56 Å². The largest absolute Gasteiger partial charge is 0.379 e. The summed E-state index contributed by atoms with van der Waals surface area (Å²) in [5.74, 6) is -0.0502. The molecule has 15 heavy (non-hydrogen) atoms. The summed E-state index contributed by atoms with van der Waals surface area (Å²) in [4.78, 5) is 17.6. The van der Waals surface area contributed by atoms with Crippen molar-refractivity contribution in [1.82, 2.24) is 9.97 Å². The molecule has 3 N–H and O–H groups in total. The molecule has 0 radical (unpaired) electrons. The predicted molar refractivity (Wildman–Crippen MR) is 59.7 cm³/mol. The smallest absolute Gasteiger partial charge is 0.290 e. The maximum Gasteiger partial charge on any atom is 0.290 e. The molecule has 0 aliphatic carbocycles. The maximum atomic E-state index is 11.2. The van der Waals surface area contributed by atoms with Crippen molar-refractivity contribution in [2.45, 2.75) is 0 Å². The van der Waals surface area contributed by atoms with E-state index in [1.54, 1.807) is 12.1 Å². The van der Waals surface area contributed by atoms with Crippen LogP contribution in [0.15, 0.2) is 35.3 Å². The zero-order valence-electron chi connectivity index (χ0n) is 7.70. The highest BCUT2D eigenvalue weighted by Crippen LogP contribution is 2.24. The highest BCUT2D eigenvalue weighted by atomic mass is 35.5. The number of hydrogen-bond acceptors (Lipinski definition) is 3. The molecule has 0 saturated heterocycles. The number of hydrogen-bond donors (Lipinski definition) is 2. The second-order valence-electron chi connectivity index (χ2n) is 2.99. The van der Waals surface area contributed by atoms with Crippen molar-refractivity contribution in [2.24, 2.45) is 0 Å². The summed E-state index contributed by atoms with van der Waals surface area (Å²) in [5.41, 5.74) is 6.19. The van der Waals surface area contributed by atoms with E-state index >= 15 is 0 Å². The van der Waals surface area contributed by atoms with Crippen molar-refractivity contribution in [2.75, 3.05) is 5.73 Å². The molecule has 1 aromatic carbocycles. The maximum absolute atomic E-state index is 11.2. The van der Waals surface area contributed by atoms with E-state index in [4.69, 9.17) is 17.3 Å². The summed E-state index contributed by atoms with van der Waals surface area (Å²) >= 11 is 5.97. The first kappa shape index (κ1) is 9.73. The van der Waals surface area contributed by atoms with E-state index in [1.165, 1.54) is 6.20 Å². The molecule has 0 aliphatic rings. The van der Waals surface area contributed by atoms with E-state index in [1.807, 2.05) is 12.1 Å². The third kappa shape index (κ3) is 1.85. The normalized spacial score (nSPS) is 10.2. The van der Waals surface area contributed by atoms with Crippen LogP contribution in [0.1, 0.15) is 0 Å². The fraction of sp³-hybridized carbons (Fsp3) is 0. The van der Waals surface area contributed by atoms with E-state index in [9.17, 15) is 4.79 Å². The number of halogens is 1. The number of aromatic amines is 1. The molecule has 0 unspecified atom stereocenters. The lowest BCUT2D eigenvalue weighted by molar-refractivity contribution is 1.16. The van der Waals surface area contributed by atoms with E-state index in [2.05, 4.69) is 9.97 Å². The predicted octanol–water partition coefficient (Wildman–Crippen LogP) is 1.67. The van der Waals surface area contributed by atoms with E-state index in [0.29, 0.717) is 10.7 Å². The van der Waals surface area contributed by atoms with Crippen molar-refractivity contribution < 1.29 is 0 Å². The number of benzene rings is 1. The van der Waals surface area contributed by atoms with Crippen molar-refractivity contribution in [3.63, 3.8) is 0 Å². The third-order valence-electron chi connectivity index (χ3n) is 1.98. The summed E-state index contributed by atoms with van der Waals surface area (Å²) in [6.07, 6.45) is 1.48. The fourth-order valence-electron chi connectivity index (χ4n) is 1.23. The van der Waals surface area contributed by atoms with Crippen molar-refractivity contribution in [1.29, 1.82) is 0 Å². The van der Waals surface area contributed by atoms with Gasteiger partial charge in [0.05, 0.1) is 11.9 Å². The molecule has 2 rings (SSSR count). The lowest BCUT2D eigenvalue weighted by Gasteiger charge is -2.03. The van der Waals surface area contributed by atoms with Crippen LogP contribution in [-0.2, 0) is 0 Å². The van der Waals surface area contributed by atoms with Crippen LogP contribution in [0.5, 0.6) is 0 Å². The Hall–Kier alpha value is -1.81. The van der Waals surface area contributed by atoms with Crippen LogP contribution >= 0.6 is 11.6 Å². The molecule has 0 saturated carbocycles. The molecule has 2 aromatic rings. The lowest BCUT2D eigenvalue weighted by Crippen LogP contribution is -2.14. The average Bonchev–Trinajstić information content (AvgIpc) is 2.23. The molecular formula is C10H8ClN3O. The third-order valence-corrected chi connectivity index (χ3v) is 2.31. The first-order chi connectivity index (χ1) is 7.18. The summed E-state index contributed by atoms with van der Waals surface area (Å²) < 4.78 is 0. The zero-order valence-corrected chi connectivity index (χ0v) is 8.45. The molecule has 5 heteroatoms. The number of nitrogens with one attached hydrogen (secondary N) is 1. The zero-order chi connectivity index (χ0) is 10.8. The van der Waals surface area contributed by atoms with Gasteiger partial charge in [-0.05, 0) is 6.07 Å². The summed E-state index contributed by atoms with van der Waals surface area (Å²) in [6.45, 7) is 0. The highest BCUT2D eigenvalue weighted by Gasteiger charge is 2.04.